The Morgan fingerprint density at radius 1 is 0.955 bits per heavy atom. The number of hydrogen-bond acceptors (Lipinski definition) is 6. The average Bonchev–Trinajstić information content (AvgIpc) is 2.53. The van der Waals surface area contributed by atoms with Crippen molar-refractivity contribution in [2.24, 2.45) is 0 Å². The quantitative estimate of drug-likeness (QED) is 0.429. The number of benzene rings is 2. The minimum absolute atomic E-state index is 0.0887. The predicted molar refractivity (Wildman–Crippen MR) is 78.7 cm³/mol. The first kappa shape index (κ1) is 14.1. The second kappa shape index (κ2) is 5.16. The molecule has 0 fully saturated rings. The third-order valence-corrected chi connectivity index (χ3v) is 3.58. The minimum Gasteiger partial charge on any atom is -0.507 e. The Morgan fingerprint density at radius 2 is 1.55 bits per heavy atom. The van der Waals surface area contributed by atoms with Crippen LogP contribution in [-0.4, -0.2) is 40.0 Å². The van der Waals surface area contributed by atoms with Crippen LogP contribution in [-0.2, 0) is 0 Å². The van der Waals surface area contributed by atoms with Gasteiger partial charge in [0.1, 0.15) is 5.75 Å². The fraction of sp³-hybridized carbons (Fsp3) is 0.125. The summed E-state index contributed by atoms with van der Waals surface area (Å²) in [7, 11) is 0. The van der Waals surface area contributed by atoms with Crippen molar-refractivity contribution in [3.63, 3.8) is 0 Å². The number of ketones is 2. The number of fused-ring (bicyclic) bond motifs is 2. The van der Waals surface area contributed by atoms with Gasteiger partial charge in [-0.3, -0.25) is 9.59 Å². The van der Waals surface area contributed by atoms with E-state index in [1.807, 2.05) is 0 Å². The first-order valence-electron chi connectivity index (χ1n) is 6.68. The summed E-state index contributed by atoms with van der Waals surface area (Å²) >= 11 is 0. The van der Waals surface area contributed by atoms with E-state index in [4.69, 9.17) is 5.11 Å². The molecule has 2 aromatic rings. The van der Waals surface area contributed by atoms with Gasteiger partial charge in [0.15, 0.2) is 17.3 Å². The van der Waals surface area contributed by atoms with Crippen molar-refractivity contribution in [3.8, 4) is 11.5 Å². The molecule has 1 aliphatic rings. The maximum absolute atomic E-state index is 12.6. The number of aromatic hydroxyl groups is 2. The molecule has 2 aromatic carbocycles. The summed E-state index contributed by atoms with van der Waals surface area (Å²) in [6.45, 7) is -0.0580. The van der Waals surface area contributed by atoms with Gasteiger partial charge in [0.25, 0.3) is 0 Å². The van der Waals surface area contributed by atoms with Crippen LogP contribution < -0.4 is 5.32 Å². The number of rotatable bonds is 3. The normalized spacial score (nSPS) is 12.8. The van der Waals surface area contributed by atoms with Crippen LogP contribution in [0.1, 0.15) is 31.8 Å². The van der Waals surface area contributed by atoms with Crippen molar-refractivity contribution < 1.29 is 24.9 Å². The van der Waals surface area contributed by atoms with E-state index in [1.54, 1.807) is 12.1 Å². The Morgan fingerprint density at radius 3 is 2.14 bits per heavy atom. The maximum Gasteiger partial charge on any atom is 0.198 e. The van der Waals surface area contributed by atoms with Crippen molar-refractivity contribution in [2.75, 3.05) is 18.5 Å². The van der Waals surface area contributed by atoms with Gasteiger partial charge in [0.05, 0.1) is 23.4 Å². The molecule has 6 nitrogen and oxygen atoms in total. The van der Waals surface area contributed by atoms with Gasteiger partial charge in [-0.2, -0.15) is 0 Å². The number of hydrogen-bond donors (Lipinski definition) is 4. The van der Waals surface area contributed by atoms with E-state index in [0.29, 0.717) is 0 Å². The van der Waals surface area contributed by atoms with Crippen molar-refractivity contribution in [3.05, 3.63) is 52.6 Å². The van der Waals surface area contributed by atoms with Gasteiger partial charge in [-0.25, -0.2) is 0 Å². The molecule has 3 rings (SSSR count). The van der Waals surface area contributed by atoms with Crippen molar-refractivity contribution in [1.82, 2.24) is 0 Å². The Labute approximate surface area is 125 Å². The number of phenolic OH excluding ortho intramolecular Hbond substituents is 2. The van der Waals surface area contributed by atoms with Crippen LogP contribution in [0.4, 0.5) is 5.69 Å². The highest BCUT2D eigenvalue weighted by Gasteiger charge is 2.35. The Kier molecular flexibility index (Phi) is 3.30. The highest BCUT2D eigenvalue weighted by molar-refractivity contribution is 6.30. The van der Waals surface area contributed by atoms with Crippen LogP contribution in [0.15, 0.2) is 30.3 Å². The van der Waals surface area contributed by atoms with Gasteiger partial charge in [-0.05, 0) is 0 Å². The zero-order valence-corrected chi connectivity index (χ0v) is 11.5. The highest BCUT2D eigenvalue weighted by Crippen LogP contribution is 2.42. The van der Waals surface area contributed by atoms with Crippen LogP contribution >= 0.6 is 0 Å². The Balaban J connectivity index is 2.24. The van der Waals surface area contributed by atoms with E-state index >= 15 is 0 Å². The molecule has 0 atom stereocenters. The lowest BCUT2D eigenvalue weighted by atomic mass is 9.82. The topological polar surface area (TPSA) is 107 Å². The van der Waals surface area contributed by atoms with E-state index in [2.05, 4.69) is 5.32 Å². The van der Waals surface area contributed by atoms with Crippen molar-refractivity contribution >= 4 is 17.3 Å². The summed E-state index contributed by atoms with van der Waals surface area (Å²) in [4.78, 5) is 25.0. The summed E-state index contributed by atoms with van der Waals surface area (Å²) in [5, 5.41) is 31.9. The zero-order chi connectivity index (χ0) is 15.9. The number of carbonyl (C=O) groups is 2. The number of anilines is 1. The van der Waals surface area contributed by atoms with Gasteiger partial charge in [-0.1, -0.05) is 24.3 Å². The highest BCUT2D eigenvalue weighted by atomic mass is 16.3. The third-order valence-electron chi connectivity index (χ3n) is 3.58. The fourth-order valence-electron chi connectivity index (χ4n) is 2.58. The molecule has 4 N–H and O–H groups in total. The third kappa shape index (κ3) is 1.93. The van der Waals surface area contributed by atoms with Gasteiger partial charge < -0.3 is 20.6 Å². The summed E-state index contributed by atoms with van der Waals surface area (Å²) in [5.41, 5.74) is 0.0606. The van der Waals surface area contributed by atoms with E-state index in [9.17, 15) is 19.8 Å². The van der Waals surface area contributed by atoms with Gasteiger partial charge in [0, 0.05) is 23.7 Å². The smallest absolute Gasteiger partial charge is 0.198 e. The molecule has 0 spiro atoms. The lowest BCUT2D eigenvalue weighted by Gasteiger charge is -2.21. The van der Waals surface area contributed by atoms with Crippen LogP contribution in [0.3, 0.4) is 0 Å². The first-order chi connectivity index (χ1) is 10.6. The second-order valence-electron chi connectivity index (χ2n) is 4.90. The lowest BCUT2D eigenvalue weighted by molar-refractivity contribution is 0.0974. The monoisotopic (exact) mass is 299 g/mol. The maximum atomic E-state index is 12.6. The zero-order valence-electron chi connectivity index (χ0n) is 11.5. The standard InChI is InChI=1S/C16H13NO5/c18-6-5-17-10-7-11(19)12-13(16(10)22)15(21)9-4-2-1-3-8(9)14(12)20/h1-4,7,17-19,22H,5-6H2. The molecule has 6 heteroatoms. The van der Waals surface area contributed by atoms with Crippen LogP contribution in [0.2, 0.25) is 0 Å². The van der Waals surface area contributed by atoms with Gasteiger partial charge in [0.2, 0.25) is 0 Å². The Bertz CT molecular complexity index is 797. The number of phenols is 2. The first-order valence-corrected chi connectivity index (χ1v) is 6.68. The molecule has 0 bridgehead atoms. The summed E-state index contributed by atoms with van der Waals surface area (Å²) in [6, 6.07) is 7.43. The lowest BCUT2D eigenvalue weighted by Crippen LogP contribution is -2.21. The van der Waals surface area contributed by atoms with E-state index in [1.165, 1.54) is 18.2 Å². The molecular formula is C16H13NO5. The molecule has 0 saturated carbocycles. The van der Waals surface area contributed by atoms with Crippen molar-refractivity contribution in [1.29, 1.82) is 0 Å². The summed E-state index contributed by atoms with van der Waals surface area (Å²) < 4.78 is 0. The molecule has 1 aliphatic carbocycles. The van der Waals surface area contributed by atoms with E-state index in [0.717, 1.165) is 0 Å². The number of carbonyl (C=O) groups excluding carboxylic acids is 2. The molecule has 0 radical (unpaired) electrons. The molecule has 0 unspecified atom stereocenters. The van der Waals surface area contributed by atoms with E-state index in [-0.39, 0.29) is 46.8 Å². The SMILES string of the molecule is O=C1c2ccccc2C(=O)c2c(O)c(NCCO)cc(O)c21. The molecule has 0 aromatic heterocycles. The van der Waals surface area contributed by atoms with Crippen LogP contribution in [0.5, 0.6) is 11.5 Å². The van der Waals surface area contributed by atoms with Crippen molar-refractivity contribution in [2.45, 2.75) is 0 Å². The predicted octanol–water partition coefficient (Wildman–Crippen LogP) is 1.28. The molecule has 0 saturated heterocycles. The average molecular weight is 299 g/mol. The molecule has 0 heterocycles. The Hall–Kier alpha value is -2.86. The largest absolute Gasteiger partial charge is 0.507 e. The molecular weight excluding hydrogens is 286 g/mol. The molecule has 112 valence electrons. The van der Waals surface area contributed by atoms with Gasteiger partial charge in [-0.15, -0.1) is 0 Å². The minimum atomic E-state index is -0.523. The van der Waals surface area contributed by atoms with E-state index < -0.39 is 17.3 Å². The van der Waals surface area contributed by atoms with Crippen LogP contribution in [0.25, 0.3) is 0 Å². The molecule has 0 amide bonds. The summed E-state index contributed by atoms with van der Waals surface area (Å²) in [6.07, 6.45) is 0. The molecule has 22 heavy (non-hydrogen) atoms. The summed E-state index contributed by atoms with van der Waals surface area (Å²) in [5.74, 6) is -1.83. The number of nitrogens with one attached hydrogen (secondary N) is 1. The second-order valence-corrected chi connectivity index (χ2v) is 4.90. The van der Waals surface area contributed by atoms with Crippen LogP contribution in [0, 0.1) is 0 Å². The fourth-order valence-corrected chi connectivity index (χ4v) is 2.58. The molecule has 0 aliphatic heterocycles. The number of aliphatic hydroxyl groups excluding tert-OH is 1. The van der Waals surface area contributed by atoms with Gasteiger partial charge >= 0.3 is 0 Å². The number of aliphatic hydroxyl groups is 1.